The number of anilines is 3. The number of hydrogen-bond acceptors (Lipinski definition) is 6. The molecule has 13 heteroatoms. The van der Waals surface area contributed by atoms with Crippen LogP contribution in [0.25, 0.3) is 11.2 Å². The maximum absolute atomic E-state index is 14.4. The quantitative estimate of drug-likeness (QED) is 0.345. The van der Waals surface area contributed by atoms with E-state index in [1.807, 2.05) is 0 Å². The molecule has 2 saturated carbocycles. The van der Waals surface area contributed by atoms with Gasteiger partial charge in [-0.1, -0.05) is 0 Å². The van der Waals surface area contributed by atoms with Gasteiger partial charge < -0.3 is 16.4 Å². The molecule has 3 aromatic rings. The molecule has 1 aromatic carbocycles. The molecule has 2 fully saturated rings. The maximum atomic E-state index is 14.4. The SMILES string of the molecule is NC(=O)C1CCC(n2c(Nc3c(F)ccc(F)c3F)nc3cnc(NC4CC(F)(F)C4)nc32)CC1. The summed E-state index contributed by atoms with van der Waals surface area (Å²) in [6, 6.07) is 0.714. The number of fused-ring (bicyclic) bond motifs is 1. The summed E-state index contributed by atoms with van der Waals surface area (Å²) < 4.78 is 70.5. The molecule has 0 aliphatic heterocycles. The van der Waals surface area contributed by atoms with E-state index in [0.29, 0.717) is 37.4 Å². The maximum Gasteiger partial charge on any atom is 0.252 e. The highest BCUT2D eigenvalue weighted by Gasteiger charge is 2.45. The average molecular weight is 495 g/mol. The van der Waals surface area contributed by atoms with Crippen molar-refractivity contribution in [3.05, 3.63) is 35.8 Å². The van der Waals surface area contributed by atoms with Gasteiger partial charge in [-0.2, -0.15) is 4.98 Å². The molecule has 8 nitrogen and oxygen atoms in total. The van der Waals surface area contributed by atoms with Gasteiger partial charge in [-0.05, 0) is 37.8 Å². The number of rotatable bonds is 6. The Bertz CT molecular complexity index is 1280. The molecule has 0 spiro atoms. The van der Waals surface area contributed by atoms with Crippen LogP contribution >= 0.6 is 0 Å². The van der Waals surface area contributed by atoms with E-state index < -0.39 is 41.0 Å². The molecule has 2 aliphatic carbocycles. The number of amides is 1. The van der Waals surface area contributed by atoms with Crippen molar-refractivity contribution in [1.82, 2.24) is 19.5 Å². The number of hydrogen-bond donors (Lipinski definition) is 3. The smallest absolute Gasteiger partial charge is 0.252 e. The summed E-state index contributed by atoms with van der Waals surface area (Å²) in [5.74, 6) is -6.94. The summed E-state index contributed by atoms with van der Waals surface area (Å²) >= 11 is 0. The number of primary amides is 1. The summed E-state index contributed by atoms with van der Waals surface area (Å²) in [5, 5.41) is 5.42. The number of halogens is 5. The highest BCUT2D eigenvalue weighted by Crippen LogP contribution is 2.40. The van der Waals surface area contributed by atoms with Gasteiger partial charge in [-0.3, -0.25) is 9.36 Å². The molecule has 35 heavy (non-hydrogen) atoms. The Balaban J connectivity index is 1.52. The van der Waals surface area contributed by atoms with Gasteiger partial charge in [0, 0.05) is 30.8 Å². The third-order valence-electron chi connectivity index (χ3n) is 6.60. The number of aromatic nitrogens is 4. The van der Waals surface area contributed by atoms with Gasteiger partial charge in [0.2, 0.25) is 17.8 Å². The Morgan fingerprint density at radius 2 is 1.74 bits per heavy atom. The highest BCUT2D eigenvalue weighted by atomic mass is 19.3. The van der Waals surface area contributed by atoms with E-state index in [4.69, 9.17) is 5.73 Å². The Labute approximate surface area is 196 Å². The topological polar surface area (TPSA) is 111 Å². The van der Waals surface area contributed by atoms with E-state index in [2.05, 4.69) is 25.6 Å². The first kappa shape index (κ1) is 23.2. The van der Waals surface area contributed by atoms with Crippen LogP contribution in [0.4, 0.5) is 39.5 Å². The number of alkyl halides is 2. The fourth-order valence-electron chi connectivity index (χ4n) is 4.71. The minimum Gasteiger partial charge on any atom is -0.369 e. The number of benzene rings is 1. The zero-order valence-corrected chi connectivity index (χ0v) is 18.4. The van der Waals surface area contributed by atoms with Crippen LogP contribution < -0.4 is 16.4 Å². The lowest BCUT2D eigenvalue weighted by Gasteiger charge is -2.35. The minimum absolute atomic E-state index is 0.00699. The second-order valence-electron chi connectivity index (χ2n) is 9.06. The van der Waals surface area contributed by atoms with Crippen LogP contribution in [0.2, 0.25) is 0 Å². The number of carbonyl (C=O) groups excluding carboxylic acids is 1. The lowest BCUT2D eigenvalue weighted by Crippen LogP contribution is -2.44. The van der Waals surface area contributed by atoms with Crippen molar-refractivity contribution in [2.24, 2.45) is 11.7 Å². The van der Waals surface area contributed by atoms with Crippen LogP contribution in [0, 0.1) is 23.4 Å². The van der Waals surface area contributed by atoms with E-state index in [-0.39, 0.29) is 42.2 Å². The van der Waals surface area contributed by atoms with Gasteiger partial charge in [0.05, 0.1) is 6.20 Å². The van der Waals surface area contributed by atoms with Crippen molar-refractivity contribution in [2.75, 3.05) is 10.6 Å². The number of carbonyl (C=O) groups is 1. The van der Waals surface area contributed by atoms with Gasteiger partial charge in [-0.15, -0.1) is 0 Å². The van der Waals surface area contributed by atoms with Gasteiger partial charge in [0.1, 0.15) is 17.0 Å². The summed E-state index contributed by atoms with van der Waals surface area (Å²) in [5.41, 5.74) is 5.31. The van der Waals surface area contributed by atoms with Crippen LogP contribution in [-0.4, -0.2) is 37.4 Å². The van der Waals surface area contributed by atoms with Crippen molar-refractivity contribution >= 4 is 34.7 Å². The van der Waals surface area contributed by atoms with Crippen molar-refractivity contribution < 1.29 is 26.7 Å². The Hall–Kier alpha value is -3.51. The molecule has 0 bridgehead atoms. The first-order valence-corrected chi connectivity index (χ1v) is 11.2. The van der Waals surface area contributed by atoms with E-state index in [0.717, 1.165) is 6.07 Å². The molecule has 5 rings (SSSR count). The first-order valence-electron chi connectivity index (χ1n) is 11.2. The first-order chi connectivity index (χ1) is 16.6. The molecule has 2 aliphatic rings. The van der Waals surface area contributed by atoms with Crippen molar-refractivity contribution in [2.45, 2.75) is 56.5 Å². The molecule has 0 unspecified atom stereocenters. The third kappa shape index (κ3) is 4.46. The van der Waals surface area contributed by atoms with Crippen LogP contribution in [-0.2, 0) is 4.79 Å². The zero-order chi connectivity index (χ0) is 24.9. The van der Waals surface area contributed by atoms with Crippen molar-refractivity contribution in [1.29, 1.82) is 0 Å². The van der Waals surface area contributed by atoms with E-state index in [9.17, 15) is 26.7 Å². The van der Waals surface area contributed by atoms with Gasteiger partial charge in [0.15, 0.2) is 17.3 Å². The second kappa shape index (κ2) is 8.61. The third-order valence-corrected chi connectivity index (χ3v) is 6.60. The molecule has 0 saturated heterocycles. The molecule has 2 aromatic heterocycles. The Morgan fingerprint density at radius 1 is 1.06 bits per heavy atom. The van der Waals surface area contributed by atoms with E-state index in [1.54, 1.807) is 4.57 Å². The normalized spacial score (nSPS) is 22.1. The highest BCUT2D eigenvalue weighted by molar-refractivity contribution is 5.78. The van der Waals surface area contributed by atoms with Crippen LogP contribution in [0.5, 0.6) is 0 Å². The monoisotopic (exact) mass is 495 g/mol. The number of nitrogens with one attached hydrogen (secondary N) is 2. The predicted molar refractivity (Wildman–Crippen MR) is 117 cm³/mol. The Kier molecular flexibility index (Phi) is 5.72. The summed E-state index contributed by atoms with van der Waals surface area (Å²) in [7, 11) is 0. The lowest BCUT2D eigenvalue weighted by atomic mass is 9.85. The second-order valence-corrected chi connectivity index (χ2v) is 9.06. The molecule has 0 atom stereocenters. The molecular weight excluding hydrogens is 473 g/mol. The van der Waals surface area contributed by atoms with E-state index >= 15 is 0 Å². The number of nitrogens with zero attached hydrogens (tertiary/aromatic N) is 4. The summed E-state index contributed by atoms with van der Waals surface area (Å²) in [4.78, 5) is 24.5. The number of imidazole rings is 1. The fraction of sp³-hybridized carbons (Fsp3) is 0.455. The van der Waals surface area contributed by atoms with Gasteiger partial charge in [0.25, 0.3) is 5.92 Å². The minimum atomic E-state index is -2.72. The van der Waals surface area contributed by atoms with E-state index in [1.165, 1.54) is 6.20 Å². The van der Waals surface area contributed by atoms with Crippen LogP contribution in [0.1, 0.15) is 44.6 Å². The molecule has 186 valence electrons. The molecule has 0 radical (unpaired) electrons. The van der Waals surface area contributed by atoms with Gasteiger partial charge in [-0.25, -0.2) is 31.9 Å². The van der Waals surface area contributed by atoms with Crippen LogP contribution in [0.3, 0.4) is 0 Å². The predicted octanol–water partition coefficient (Wildman–Crippen LogP) is 4.41. The average Bonchev–Trinajstić information content (AvgIpc) is 3.15. The number of nitrogens with two attached hydrogens (primary N) is 1. The summed E-state index contributed by atoms with van der Waals surface area (Å²) in [6.45, 7) is 0. The molecule has 2 heterocycles. The van der Waals surface area contributed by atoms with Gasteiger partial charge >= 0.3 is 0 Å². The standard InChI is InChI=1S/C22H22F5N7O/c23-13-5-6-14(24)17(16(13)25)32-21-31-15-9-29-20(30-11-7-22(26,27)8-11)33-19(15)34(21)12-3-1-10(2-4-12)18(28)35/h5-6,9-12H,1-4,7-8H2,(H2,28,35)(H,31,32)(H,29,30,33). The van der Waals surface area contributed by atoms with Crippen molar-refractivity contribution in [3.63, 3.8) is 0 Å². The fourth-order valence-corrected chi connectivity index (χ4v) is 4.71. The Morgan fingerprint density at radius 3 is 2.40 bits per heavy atom. The zero-order valence-electron chi connectivity index (χ0n) is 18.4. The molecule has 1 amide bonds. The largest absolute Gasteiger partial charge is 0.369 e. The lowest BCUT2D eigenvalue weighted by molar-refractivity contribution is -0.122. The van der Waals surface area contributed by atoms with Crippen molar-refractivity contribution in [3.8, 4) is 0 Å². The summed E-state index contributed by atoms with van der Waals surface area (Å²) in [6.07, 6.45) is 2.69. The molecular formula is C22H22F5N7O. The molecule has 4 N–H and O–H groups in total. The van der Waals surface area contributed by atoms with Crippen LogP contribution in [0.15, 0.2) is 18.3 Å².